The van der Waals surface area contributed by atoms with Crippen LogP contribution in [0.1, 0.15) is 40.3 Å². The Kier molecular flexibility index (Phi) is 6.64. The maximum Gasteiger partial charge on any atom is 0.255 e. The first-order valence-electron chi connectivity index (χ1n) is 9.62. The van der Waals surface area contributed by atoms with Crippen molar-refractivity contribution in [2.45, 2.75) is 39.3 Å². The molecular weight excluding hydrogens is 380 g/mol. The molecule has 0 radical (unpaired) electrons. The van der Waals surface area contributed by atoms with Crippen LogP contribution in [0.3, 0.4) is 0 Å². The van der Waals surface area contributed by atoms with Gasteiger partial charge in [-0.3, -0.25) is 14.5 Å². The number of nitrogens with one attached hydrogen (secondary N) is 2. The Labute approximate surface area is 168 Å². The third-order valence-corrected chi connectivity index (χ3v) is 5.04. The van der Waals surface area contributed by atoms with Crippen molar-refractivity contribution in [1.29, 1.82) is 0 Å². The summed E-state index contributed by atoms with van der Waals surface area (Å²) in [5.74, 6) is -1.10. The summed E-state index contributed by atoms with van der Waals surface area (Å²) in [6.45, 7) is 5.38. The molecule has 1 aromatic carbocycles. The molecule has 6 nitrogen and oxygen atoms in total. The molecule has 2 N–H and O–H groups in total. The van der Waals surface area contributed by atoms with Gasteiger partial charge in [0.05, 0.1) is 12.1 Å². The molecule has 2 heterocycles. The SMILES string of the molecule is Cc1cc(C(=O)NCC(=O)NC2CCN(Cc3ccc(F)c(F)c3)CC2)c(C)o1. The van der Waals surface area contributed by atoms with Crippen molar-refractivity contribution in [2.24, 2.45) is 0 Å². The van der Waals surface area contributed by atoms with E-state index in [-0.39, 0.29) is 24.4 Å². The second-order valence-corrected chi connectivity index (χ2v) is 7.38. The lowest BCUT2D eigenvalue weighted by atomic mass is 10.0. The Balaban J connectivity index is 1.39. The Bertz CT molecular complexity index is 889. The summed E-state index contributed by atoms with van der Waals surface area (Å²) in [4.78, 5) is 26.4. The molecule has 1 aliphatic rings. The van der Waals surface area contributed by atoms with Crippen molar-refractivity contribution >= 4 is 11.8 Å². The standard InChI is InChI=1S/C21H25F2N3O3/c1-13-9-17(14(2)29-13)21(28)24-11-20(27)25-16-5-7-26(8-6-16)12-15-3-4-18(22)19(23)10-15/h3-4,9-10,16H,5-8,11-12H2,1-2H3,(H,24,28)(H,25,27). The molecule has 156 valence electrons. The van der Waals surface area contributed by atoms with E-state index in [4.69, 9.17) is 4.42 Å². The molecule has 2 aromatic rings. The van der Waals surface area contributed by atoms with E-state index in [9.17, 15) is 18.4 Å². The first-order valence-corrected chi connectivity index (χ1v) is 9.62. The molecule has 0 aliphatic carbocycles. The zero-order valence-corrected chi connectivity index (χ0v) is 16.6. The second kappa shape index (κ2) is 9.17. The number of carbonyl (C=O) groups is 2. The molecule has 2 amide bonds. The molecule has 0 atom stereocenters. The zero-order chi connectivity index (χ0) is 21.0. The van der Waals surface area contributed by atoms with E-state index in [1.54, 1.807) is 26.0 Å². The number of furan rings is 1. The number of hydrogen-bond acceptors (Lipinski definition) is 4. The lowest BCUT2D eigenvalue weighted by molar-refractivity contribution is -0.121. The van der Waals surface area contributed by atoms with Crippen LogP contribution in [0.2, 0.25) is 0 Å². The zero-order valence-electron chi connectivity index (χ0n) is 16.6. The smallest absolute Gasteiger partial charge is 0.255 e. The lowest BCUT2D eigenvalue weighted by Crippen LogP contribution is -2.47. The summed E-state index contributed by atoms with van der Waals surface area (Å²) in [6.07, 6.45) is 1.51. The van der Waals surface area contributed by atoms with Gasteiger partial charge in [0.15, 0.2) is 11.6 Å². The number of likely N-dealkylation sites (tertiary alicyclic amines) is 1. The van der Waals surface area contributed by atoms with Gasteiger partial charge in [0.25, 0.3) is 5.91 Å². The number of amides is 2. The number of benzene rings is 1. The van der Waals surface area contributed by atoms with Crippen LogP contribution in [-0.2, 0) is 11.3 Å². The van der Waals surface area contributed by atoms with Crippen LogP contribution in [0.15, 0.2) is 28.7 Å². The number of rotatable bonds is 6. The van der Waals surface area contributed by atoms with Gasteiger partial charge in [-0.1, -0.05) is 6.07 Å². The first-order chi connectivity index (χ1) is 13.8. The van der Waals surface area contributed by atoms with Gasteiger partial charge in [-0.25, -0.2) is 8.78 Å². The molecule has 0 saturated carbocycles. The highest BCUT2D eigenvalue weighted by Crippen LogP contribution is 2.16. The molecule has 29 heavy (non-hydrogen) atoms. The third kappa shape index (κ3) is 5.63. The third-order valence-electron chi connectivity index (χ3n) is 5.04. The first kappa shape index (κ1) is 21.0. The van der Waals surface area contributed by atoms with E-state index >= 15 is 0 Å². The van der Waals surface area contributed by atoms with Crippen molar-refractivity contribution in [3.8, 4) is 0 Å². The second-order valence-electron chi connectivity index (χ2n) is 7.38. The van der Waals surface area contributed by atoms with Crippen molar-refractivity contribution in [1.82, 2.24) is 15.5 Å². The van der Waals surface area contributed by atoms with Crippen LogP contribution in [0.5, 0.6) is 0 Å². The van der Waals surface area contributed by atoms with Crippen molar-refractivity contribution in [2.75, 3.05) is 19.6 Å². The lowest BCUT2D eigenvalue weighted by Gasteiger charge is -2.32. The van der Waals surface area contributed by atoms with Gasteiger partial charge in [0, 0.05) is 25.7 Å². The summed E-state index contributed by atoms with van der Waals surface area (Å²) in [5, 5.41) is 5.54. The minimum Gasteiger partial charge on any atom is -0.466 e. The highest BCUT2D eigenvalue weighted by molar-refractivity contribution is 5.97. The highest BCUT2D eigenvalue weighted by Gasteiger charge is 2.21. The van der Waals surface area contributed by atoms with Crippen LogP contribution < -0.4 is 10.6 Å². The fourth-order valence-electron chi connectivity index (χ4n) is 3.52. The maximum absolute atomic E-state index is 13.3. The topological polar surface area (TPSA) is 74.6 Å². The van der Waals surface area contributed by atoms with Crippen LogP contribution in [-0.4, -0.2) is 42.4 Å². The van der Waals surface area contributed by atoms with Crippen molar-refractivity contribution in [3.05, 3.63) is 58.5 Å². The summed E-state index contributed by atoms with van der Waals surface area (Å²) in [5.41, 5.74) is 1.15. The molecule has 1 aliphatic heterocycles. The van der Waals surface area contributed by atoms with Crippen LogP contribution in [0, 0.1) is 25.5 Å². The van der Waals surface area contributed by atoms with Gasteiger partial charge < -0.3 is 15.1 Å². The van der Waals surface area contributed by atoms with E-state index in [2.05, 4.69) is 15.5 Å². The van der Waals surface area contributed by atoms with Gasteiger partial charge in [-0.2, -0.15) is 0 Å². The van der Waals surface area contributed by atoms with E-state index in [1.807, 2.05) is 0 Å². The molecule has 0 unspecified atom stereocenters. The van der Waals surface area contributed by atoms with Crippen molar-refractivity contribution in [3.63, 3.8) is 0 Å². The average molecular weight is 405 g/mol. The summed E-state index contributed by atoms with van der Waals surface area (Å²) in [7, 11) is 0. The van der Waals surface area contributed by atoms with E-state index in [0.29, 0.717) is 23.6 Å². The van der Waals surface area contributed by atoms with Crippen LogP contribution in [0.4, 0.5) is 8.78 Å². The Morgan fingerprint density at radius 1 is 1.14 bits per heavy atom. The minimum absolute atomic E-state index is 0.0264. The predicted octanol–water partition coefficient (Wildman–Crippen LogP) is 2.69. The normalized spacial score (nSPS) is 15.3. The molecular formula is C21H25F2N3O3. The Morgan fingerprint density at radius 3 is 2.48 bits per heavy atom. The molecule has 3 rings (SSSR count). The minimum atomic E-state index is -0.847. The van der Waals surface area contributed by atoms with Gasteiger partial charge in [0.1, 0.15) is 11.5 Å². The fourth-order valence-corrected chi connectivity index (χ4v) is 3.52. The molecule has 1 fully saturated rings. The number of nitrogens with zero attached hydrogens (tertiary/aromatic N) is 1. The molecule has 1 aromatic heterocycles. The number of carbonyl (C=O) groups excluding carboxylic acids is 2. The number of halogens is 2. The van der Waals surface area contributed by atoms with Crippen LogP contribution >= 0.6 is 0 Å². The number of aryl methyl sites for hydroxylation is 2. The number of hydrogen-bond donors (Lipinski definition) is 2. The van der Waals surface area contributed by atoms with Gasteiger partial charge in [0.2, 0.25) is 5.91 Å². The quantitative estimate of drug-likeness (QED) is 0.775. The van der Waals surface area contributed by atoms with Crippen LogP contribution in [0.25, 0.3) is 0 Å². The molecule has 0 spiro atoms. The van der Waals surface area contributed by atoms with E-state index in [0.717, 1.165) is 37.6 Å². The summed E-state index contributed by atoms with van der Waals surface area (Å²) < 4.78 is 31.7. The largest absolute Gasteiger partial charge is 0.466 e. The summed E-state index contributed by atoms with van der Waals surface area (Å²) in [6, 6.07) is 5.61. The molecule has 8 heteroatoms. The summed E-state index contributed by atoms with van der Waals surface area (Å²) >= 11 is 0. The van der Waals surface area contributed by atoms with E-state index < -0.39 is 11.6 Å². The molecule has 1 saturated heterocycles. The monoisotopic (exact) mass is 405 g/mol. The Hall–Kier alpha value is -2.74. The maximum atomic E-state index is 13.3. The Morgan fingerprint density at radius 2 is 1.86 bits per heavy atom. The van der Waals surface area contributed by atoms with E-state index in [1.165, 1.54) is 6.07 Å². The molecule has 0 bridgehead atoms. The number of piperidine rings is 1. The van der Waals surface area contributed by atoms with Gasteiger partial charge in [-0.05, 0) is 50.5 Å². The van der Waals surface area contributed by atoms with Gasteiger partial charge in [-0.15, -0.1) is 0 Å². The predicted molar refractivity (Wildman–Crippen MR) is 103 cm³/mol. The average Bonchev–Trinajstić information content (AvgIpc) is 3.02. The van der Waals surface area contributed by atoms with Crippen molar-refractivity contribution < 1.29 is 22.8 Å². The van der Waals surface area contributed by atoms with Gasteiger partial charge >= 0.3 is 0 Å². The highest BCUT2D eigenvalue weighted by atomic mass is 19.2. The fraction of sp³-hybridized carbons (Fsp3) is 0.429.